The topological polar surface area (TPSA) is 123 Å². The summed E-state index contributed by atoms with van der Waals surface area (Å²) in [4.78, 5) is 8.73. The zero-order valence-electron chi connectivity index (χ0n) is 18.7. The Kier molecular flexibility index (Phi) is 6.37. The summed E-state index contributed by atoms with van der Waals surface area (Å²) >= 11 is 0. The third-order valence-corrected chi connectivity index (χ3v) is 5.33. The van der Waals surface area contributed by atoms with Gasteiger partial charge in [0, 0.05) is 29.9 Å². The lowest BCUT2D eigenvalue weighted by Crippen LogP contribution is -2.12. The number of ether oxygens (including phenoxy) is 2. The number of anilines is 3. The minimum Gasteiger partial charge on any atom is -0.462 e. The van der Waals surface area contributed by atoms with Crippen LogP contribution in [0, 0.1) is 12.8 Å². The highest BCUT2D eigenvalue weighted by Gasteiger charge is 2.22. The van der Waals surface area contributed by atoms with Gasteiger partial charge < -0.3 is 24.6 Å². The molecule has 0 saturated heterocycles. The Hall–Kier alpha value is -4.34. The number of hydrogen-bond acceptors (Lipinski definition) is 9. The summed E-state index contributed by atoms with van der Waals surface area (Å²) < 4.78 is 16.2. The van der Waals surface area contributed by atoms with Crippen LogP contribution in [0.3, 0.4) is 0 Å². The van der Waals surface area contributed by atoms with E-state index in [9.17, 15) is 0 Å². The van der Waals surface area contributed by atoms with Crippen LogP contribution >= 0.6 is 0 Å². The molecule has 3 aromatic heterocycles. The van der Waals surface area contributed by atoms with E-state index < -0.39 is 0 Å². The Morgan fingerprint density at radius 3 is 2.79 bits per heavy atom. The molecule has 0 radical (unpaired) electrons. The Balaban J connectivity index is 1.22. The molecule has 1 atom stereocenters. The van der Waals surface area contributed by atoms with E-state index >= 15 is 0 Å². The molecule has 0 aliphatic carbocycles. The first-order chi connectivity index (χ1) is 16.7. The van der Waals surface area contributed by atoms with E-state index in [0.29, 0.717) is 29.9 Å². The maximum atomic E-state index is 5.69. The van der Waals surface area contributed by atoms with Gasteiger partial charge in [0.05, 0.1) is 12.2 Å². The van der Waals surface area contributed by atoms with Crippen molar-refractivity contribution < 1.29 is 14.0 Å². The molecular formula is C24H25N7O3. The van der Waals surface area contributed by atoms with Crippen LogP contribution in [-0.4, -0.2) is 32.1 Å². The summed E-state index contributed by atoms with van der Waals surface area (Å²) in [5.41, 5.74) is 3.05. The summed E-state index contributed by atoms with van der Waals surface area (Å²) in [7, 11) is 0. The maximum absolute atomic E-state index is 5.69. The molecule has 1 aromatic carbocycles. The summed E-state index contributed by atoms with van der Waals surface area (Å²) in [6.45, 7) is 2.58. The fourth-order valence-corrected chi connectivity index (χ4v) is 3.74. The minimum atomic E-state index is 0.132. The number of rotatable bonds is 10. The second kappa shape index (κ2) is 10.1. The van der Waals surface area contributed by atoms with Gasteiger partial charge in [-0.3, -0.25) is 5.10 Å². The summed E-state index contributed by atoms with van der Waals surface area (Å²) in [5.74, 6) is 3.47. The van der Waals surface area contributed by atoms with Crippen LogP contribution in [-0.2, 0) is 28.9 Å². The lowest BCUT2D eigenvalue weighted by molar-refractivity contribution is 0.0703. The van der Waals surface area contributed by atoms with Gasteiger partial charge in [0.25, 0.3) is 0 Å². The first-order valence-corrected chi connectivity index (χ1v) is 11.0. The molecule has 4 heterocycles. The molecule has 0 amide bonds. The molecule has 1 aliphatic rings. The first-order valence-electron chi connectivity index (χ1n) is 11.0. The van der Waals surface area contributed by atoms with Gasteiger partial charge in [0.1, 0.15) is 17.8 Å². The Labute approximate surface area is 196 Å². The highest BCUT2D eigenvalue weighted by Crippen LogP contribution is 2.26. The molecule has 4 aromatic rings. The highest BCUT2D eigenvalue weighted by atomic mass is 16.7. The fourth-order valence-electron chi connectivity index (χ4n) is 3.74. The van der Waals surface area contributed by atoms with Gasteiger partial charge in [-0.05, 0) is 31.4 Å². The van der Waals surface area contributed by atoms with E-state index in [1.165, 1.54) is 5.56 Å². The third kappa shape index (κ3) is 5.52. The number of nitrogens with one attached hydrogen (secondary N) is 3. The highest BCUT2D eigenvalue weighted by molar-refractivity contribution is 5.53. The molecule has 1 unspecified atom stereocenters. The second-order valence-corrected chi connectivity index (χ2v) is 8.00. The van der Waals surface area contributed by atoms with Gasteiger partial charge >= 0.3 is 0 Å². The molecular weight excluding hydrogens is 434 g/mol. The number of benzene rings is 1. The monoisotopic (exact) mass is 459 g/mol. The quantitative estimate of drug-likeness (QED) is 0.322. The molecule has 10 nitrogen and oxygen atoms in total. The van der Waals surface area contributed by atoms with Crippen molar-refractivity contribution in [2.45, 2.75) is 26.3 Å². The molecule has 34 heavy (non-hydrogen) atoms. The largest absolute Gasteiger partial charge is 0.462 e. The Bertz CT molecular complexity index is 1250. The third-order valence-electron chi connectivity index (χ3n) is 5.33. The van der Waals surface area contributed by atoms with E-state index in [4.69, 9.17) is 14.0 Å². The van der Waals surface area contributed by atoms with Gasteiger partial charge in [-0.2, -0.15) is 10.1 Å². The van der Waals surface area contributed by atoms with Gasteiger partial charge in [-0.25, -0.2) is 4.98 Å². The lowest BCUT2D eigenvalue weighted by atomic mass is 9.93. The van der Waals surface area contributed by atoms with Crippen molar-refractivity contribution in [2.75, 3.05) is 17.4 Å². The normalized spacial score (nSPS) is 13.6. The molecule has 10 heteroatoms. The van der Waals surface area contributed by atoms with Crippen molar-refractivity contribution in [3.63, 3.8) is 0 Å². The van der Waals surface area contributed by atoms with Crippen molar-refractivity contribution in [1.29, 1.82) is 0 Å². The predicted octanol–water partition coefficient (Wildman–Crippen LogP) is 4.10. The molecule has 0 fully saturated rings. The van der Waals surface area contributed by atoms with Crippen LogP contribution in [0.25, 0.3) is 0 Å². The van der Waals surface area contributed by atoms with Gasteiger partial charge in [-0.15, -0.1) is 0 Å². The molecule has 1 aliphatic heterocycles. The van der Waals surface area contributed by atoms with E-state index in [1.54, 1.807) is 18.5 Å². The Morgan fingerprint density at radius 1 is 1.09 bits per heavy atom. The van der Waals surface area contributed by atoms with E-state index in [-0.39, 0.29) is 12.7 Å². The zero-order chi connectivity index (χ0) is 23.2. The summed E-state index contributed by atoms with van der Waals surface area (Å²) in [5, 5.41) is 17.7. The number of aromatic nitrogens is 5. The van der Waals surface area contributed by atoms with Gasteiger partial charge in [0.2, 0.25) is 12.7 Å². The molecule has 0 saturated carbocycles. The van der Waals surface area contributed by atoms with E-state index in [2.05, 4.69) is 48.1 Å². The number of H-pyrrole nitrogens is 1. The van der Waals surface area contributed by atoms with Crippen LogP contribution in [0.4, 0.5) is 17.6 Å². The number of nitrogens with zero attached hydrogens (tertiary/aromatic N) is 4. The average molecular weight is 460 g/mol. The fraction of sp³-hybridized carbons (Fsp3) is 0.250. The molecule has 0 spiro atoms. The van der Waals surface area contributed by atoms with Crippen LogP contribution in [0.5, 0.6) is 0 Å². The SMILES string of the molecule is Cc1cc(CNc2nccc(Nc3cc(CC(Cc4ccccc4)C4=COCO4)[nH]n3)n2)on1. The molecule has 3 N–H and O–H groups in total. The lowest BCUT2D eigenvalue weighted by Gasteiger charge is -2.16. The Morgan fingerprint density at radius 2 is 2.00 bits per heavy atom. The average Bonchev–Trinajstić information content (AvgIpc) is 3.61. The van der Waals surface area contributed by atoms with Crippen molar-refractivity contribution in [3.05, 3.63) is 89.5 Å². The molecule has 0 bridgehead atoms. The zero-order valence-corrected chi connectivity index (χ0v) is 18.7. The van der Waals surface area contributed by atoms with Crippen LogP contribution in [0.2, 0.25) is 0 Å². The second-order valence-electron chi connectivity index (χ2n) is 8.00. The number of hydrogen-bond donors (Lipinski definition) is 3. The number of aryl methyl sites for hydroxylation is 1. The van der Waals surface area contributed by atoms with Gasteiger partial charge in [0.15, 0.2) is 11.6 Å². The standard InChI is InChI=1S/C24H25N7O3/c1-16-9-20(34-31-16)13-26-24-25-8-7-22(28-24)27-23-12-19(29-30-23)11-18(21-14-32-15-33-21)10-17-5-3-2-4-6-17/h2-9,12,14,18H,10-11,13,15H2,1H3,(H3,25,26,27,28,29,30). The molecule has 5 rings (SSSR count). The van der Waals surface area contributed by atoms with E-state index in [0.717, 1.165) is 30.0 Å². The van der Waals surface area contributed by atoms with Crippen molar-refractivity contribution in [3.8, 4) is 0 Å². The predicted molar refractivity (Wildman–Crippen MR) is 125 cm³/mol. The van der Waals surface area contributed by atoms with Crippen LogP contribution in [0.15, 0.2) is 71.3 Å². The summed E-state index contributed by atoms with van der Waals surface area (Å²) in [6, 6.07) is 16.0. The first kappa shape index (κ1) is 21.5. The van der Waals surface area contributed by atoms with Crippen molar-refractivity contribution in [1.82, 2.24) is 25.3 Å². The van der Waals surface area contributed by atoms with Crippen LogP contribution in [0.1, 0.15) is 22.7 Å². The molecule has 174 valence electrons. The van der Waals surface area contributed by atoms with Gasteiger partial charge in [-0.1, -0.05) is 35.5 Å². The van der Waals surface area contributed by atoms with Crippen molar-refractivity contribution >= 4 is 17.6 Å². The van der Waals surface area contributed by atoms with Crippen LogP contribution < -0.4 is 10.6 Å². The maximum Gasteiger partial charge on any atom is 0.229 e. The van der Waals surface area contributed by atoms with E-state index in [1.807, 2.05) is 37.3 Å². The number of allylic oxidation sites excluding steroid dienone is 1. The summed E-state index contributed by atoms with van der Waals surface area (Å²) in [6.07, 6.45) is 4.95. The minimum absolute atomic E-state index is 0.132. The van der Waals surface area contributed by atoms with Crippen molar-refractivity contribution in [2.24, 2.45) is 5.92 Å². The smallest absolute Gasteiger partial charge is 0.229 e. The number of aromatic amines is 1.